The molecule has 0 unspecified atom stereocenters. The Bertz CT molecular complexity index is 596. The van der Waals surface area contributed by atoms with Crippen molar-refractivity contribution in [2.75, 3.05) is 0 Å². The molecule has 0 spiro atoms. The van der Waals surface area contributed by atoms with Gasteiger partial charge in [0.25, 0.3) is 0 Å². The number of alkyl halides is 3. The van der Waals surface area contributed by atoms with Gasteiger partial charge in [-0.05, 0) is 6.07 Å². The van der Waals surface area contributed by atoms with Crippen LogP contribution in [0.2, 0.25) is 5.02 Å². The van der Waals surface area contributed by atoms with E-state index in [1.54, 1.807) is 0 Å². The third-order valence-electron chi connectivity index (χ3n) is 1.97. The first-order valence-corrected chi connectivity index (χ1v) is 4.90. The largest absolute Gasteiger partial charge is 0.417 e. The average molecular weight is 277 g/mol. The van der Waals surface area contributed by atoms with E-state index in [1.165, 1.54) is 0 Å². The van der Waals surface area contributed by atoms with Crippen LogP contribution in [0, 0.1) is 0 Å². The van der Waals surface area contributed by atoms with Gasteiger partial charge in [-0.3, -0.25) is 4.79 Å². The summed E-state index contributed by atoms with van der Waals surface area (Å²) in [4.78, 5) is 14.8. The molecule has 2 heterocycles. The van der Waals surface area contributed by atoms with Gasteiger partial charge in [0.15, 0.2) is 12.1 Å². The van der Waals surface area contributed by atoms with Crippen LogP contribution in [0.25, 0.3) is 5.82 Å². The Labute approximate surface area is 103 Å². The molecule has 2 aromatic rings. The smallest absolute Gasteiger partial charge is 0.296 e. The summed E-state index contributed by atoms with van der Waals surface area (Å²) in [5.74, 6) is -0.0854. The van der Waals surface area contributed by atoms with E-state index in [1.807, 2.05) is 0 Å². The number of hydrogen-bond acceptors (Lipinski definition) is 4. The Morgan fingerprint density at radius 3 is 2.56 bits per heavy atom. The Hall–Kier alpha value is -1.96. The number of nitrogens with zero attached hydrogens (tertiary/aromatic N) is 4. The molecule has 2 rings (SSSR count). The molecule has 0 aliphatic rings. The molecule has 0 atom stereocenters. The van der Waals surface area contributed by atoms with Crippen molar-refractivity contribution >= 4 is 17.9 Å². The van der Waals surface area contributed by atoms with Crippen molar-refractivity contribution in [3.8, 4) is 5.82 Å². The van der Waals surface area contributed by atoms with Gasteiger partial charge in [0.2, 0.25) is 0 Å². The zero-order valence-electron chi connectivity index (χ0n) is 8.52. The fourth-order valence-corrected chi connectivity index (χ4v) is 1.41. The van der Waals surface area contributed by atoms with Crippen molar-refractivity contribution in [1.82, 2.24) is 20.0 Å². The maximum Gasteiger partial charge on any atom is 0.417 e. The summed E-state index contributed by atoms with van der Waals surface area (Å²) < 4.78 is 37.1. The number of halogens is 4. The second kappa shape index (κ2) is 4.37. The number of aromatic nitrogens is 4. The Morgan fingerprint density at radius 2 is 2.06 bits per heavy atom. The predicted octanol–water partition coefficient (Wildman–Crippen LogP) is 2.15. The van der Waals surface area contributed by atoms with Crippen LogP contribution in [0.15, 0.2) is 18.5 Å². The van der Waals surface area contributed by atoms with E-state index in [2.05, 4.69) is 15.2 Å². The quantitative estimate of drug-likeness (QED) is 0.789. The highest BCUT2D eigenvalue weighted by molar-refractivity contribution is 6.32. The molecule has 0 amide bonds. The molecule has 0 saturated carbocycles. The summed E-state index contributed by atoms with van der Waals surface area (Å²) in [7, 11) is 0. The molecule has 0 aliphatic carbocycles. The molecule has 0 radical (unpaired) electrons. The van der Waals surface area contributed by atoms with Crippen LogP contribution >= 0.6 is 11.6 Å². The van der Waals surface area contributed by atoms with Gasteiger partial charge in [-0.2, -0.15) is 18.3 Å². The zero-order valence-corrected chi connectivity index (χ0v) is 9.27. The number of carbonyl (C=O) groups is 1. The fourth-order valence-electron chi connectivity index (χ4n) is 1.16. The minimum absolute atomic E-state index is 0.0211. The van der Waals surface area contributed by atoms with E-state index in [4.69, 9.17) is 11.6 Å². The molecule has 0 saturated heterocycles. The third-order valence-corrected chi connectivity index (χ3v) is 2.25. The molecule has 0 aliphatic heterocycles. The first kappa shape index (κ1) is 12.5. The first-order chi connectivity index (χ1) is 8.41. The van der Waals surface area contributed by atoms with Crippen LogP contribution in [0.3, 0.4) is 0 Å². The summed E-state index contributed by atoms with van der Waals surface area (Å²) >= 11 is 5.67. The Balaban J connectivity index is 2.44. The lowest BCUT2D eigenvalue weighted by molar-refractivity contribution is -0.137. The van der Waals surface area contributed by atoms with Crippen LogP contribution in [-0.4, -0.2) is 26.3 Å². The van der Waals surface area contributed by atoms with Gasteiger partial charge in [0, 0.05) is 6.20 Å². The van der Waals surface area contributed by atoms with Gasteiger partial charge in [0.05, 0.1) is 16.8 Å². The molecule has 5 nitrogen and oxygen atoms in total. The van der Waals surface area contributed by atoms with Gasteiger partial charge in [-0.15, -0.1) is 9.90 Å². The number of hydrogen-bond donors (Lipinski definition) is 0. The van der Waals surface area contributed by atoms with Gasteiger partial charge in [0.1, 0.15) is 5.69 Å². The topological polar surface area (TPSA) is 60.7 Å². The molecule has 9 heteroatoms. The van der Waals surface area contributed by atoms with Crippen LogP contribution in [0.1, 0.15) is 16.1 Å². The van der Waals surface area contributed by atoms with Crippen molar-refractivity contribution in [1.29, 1.82) is 0 Å². The van der Waals surface area contributed by atoms with Gasteiger partial charge >= 0.3 is 6.18 Å². The maximum atomic E-state index is 12.4. The molecule has 94 valence electrons. The summed E-state index contributed by atoms with van der Waals surface area (Å²) in [6, 6.07) is 0.716. The van der Waals surface area contributed by atoms with Crippen molar-refractivity contribution in [2.24, 2.45) is 0 Å². The average Bonchev–Trinajstić information content (AvgIpc) is 2.76. The minimum atomic E-state index is -4.53. The lowest BCUT2D eigenvalue weighted by Gasteiger charge is -2.08. The highest BCUT2D eigenvalue weighted by atomic mass is 35.5. The lowest BCUT2D eigenvalue weighted by Crippen LogP contribution is -2.09. The highest BCUT2D eigenvalue weighted by Gasteiger charge is 2.31. The summed E-state index contributed by atoms with van der Waals surface area (Å²) in [6.07, 6.45) is -2.32. The molecule has 0 bridgehead atoms. The van der Waals surface area contributed by atoms with Crippen molar-refractivity contribution in [3.63, 3.8) is 0 Å². The fraction of sp³-hybridized carbons (Fsp3) is 0.111. The van der Waals surface area contributed by atoms with Crippen LogP contribution in [0.4, 0.5) is 13.2 Å². The van der Waals surface area contributed by atoms with Gasteiger partial charge in [-0.25, -0.2) is 4.98 Å². The molecule has 0 fully saturated rings. The number of carbonyl (C=O) groups excluding carboxylic acids is 1. The molecular formula is C9H4ClF3N4O. The van der Waals surface area contributed by atoms with Gasteiger partial charge < -0.3 is 0 Å². The van der Waals surface area contributed by atoms with E-state index in [0.29, 0.717) is 18.5 Å². The maximum absolute atomic E-state index is 12.4. The number of aldehydes is 1. The van der Waals surface area contributed by atoms with E-state index in [0.717, 1.165) is 11.0 Å². The third kappa shape index (κ3) is 2.33. The molecule has 0 N–H and O–H groups in total. The monoisotopic (exact) mass is 276 g/mol. The second-order valence-electron chi connectivity index (χ2n) is 3.20. The first-order valence-electron chi connectivity index (χ1n) is 4.52. The summed E-state index contributed by atoms with van der Waals surface area (Å²) in [5, 5.41) is 7.05. The van der Waals surface area contributed by atoms with Crippen molar-refractivity contribution in [2.45, 2.75) is 6.18 Å². The van der Waals surface area contributed by atoms with Crippen molar-refractivity contribution in [3.05, 3.63) is 34.7 Å². The van der Waals surface area contributed by atoms with Crippen LogP contribution in [0.5, 0.6) is 0 Å². The molecule has 2 aromatic heterocycles. The summed E-state index contributed by atoms with van der Waals surface area (Å²) in [6.45, 7) is 0. The van der Waals surface area contributed by atoms with E-state index < -0.39 is 11.7 Å². The molecule has 18 heavy (non-hydrogen) atoms. The zero-order chi connectivity index (χ0) is 13.3. The number of pyridine rings is 1. The molecular weight excluding hydrogens is 273 g/mol. The second-order valence-corrected chi connectivity index (χ2v) is 3.61. The van der Waals surface area contributed by atoms with Gasteiger partial charge in [-0.1, -0.05) is 11.6 Å². The summed E-state index contributed by atoms with van der Waals surface area (Å²) in [5.41, 5.74) is -0.952. The number of rotatable bonds is 2. The highest BCUT2D eigenvalue weighted by Crippen LogP contribution is 2.31. The minimum Gasteiger partial charge on any atom is -0.296 e. The molecule has 0 aromatic carbocycles. The standard InChI is InChI=1S/C9H4ClF3N4O/c10-7-1-5(9(11,12)13)2-14-8(7)17-15-3-6(4-18)16-17/h1-4H. The van der Waals surface area contributed by atoms with E-state index >= 15 is 0 Å². The Morgan fingerprint density at radius 1 is 1.33 bits per heavy atom. The van der Waals surface area contributed by atoms with Crippen LogP contribution < -0.4 is 0 Å². The van der Waals surface area contributed by atoms with E-state index in [9.17, 15) is 18.0 Å². The van der Waals surface area contributed by atoms with Crippen molar-refractivity contribution < 1.29 is 18.0 Å². The lowest BCUT2D eigenvalue weighted by atomic mass is 10.3. The predicted molar refractivity (Wildman–Crippen MR) is 54.6 cm³/mol. The Kier molecular flexibility index (Phi) is 3.04. The normalized spacial score (nSPS) is 11.6. The SMILES string of the molecule is O=Cc1cnn(-c2ncc(C(F)(F)F)cc2Cl)n1. The van der Waals surface area contributed by atoms with E-state index in [-0.39, 0.29) is 16.5 Å². The van der Waals surface area contributed by atoms with Crippen LogP contribution in [-0.2, 0) is 6.18 Å².